The highest BCUT2D eigenvalue weighted by Gasteiger charge is 2.09. The van der Waals surface area contributed by atoms with Crippen molar-refractivity contribution in [1.29, 1.82) is 0 Å². The molecule has 3 N–H and O–H groups in total. The van der Waals surface area contributed by atoms with Gasteiger partial charge in [-0.15, -0.1) is 0 Å². The van der Waals surface area contributed by atoms with Crippen LogP contribution in [-0.4, -0.2) is 21.1 Å². The maximum absolute atomic E-state index is 11.2. The van der Waals surface area contributed by atoms with Gasteiger partial charge in [0.05, 0.1) is 5.69 Å². The highest BCUT2D eigenvalue weighted by Crippen LogP contribution is 2.13. The predicted octanol–water partition coefficient (Wildman–Crippen LogP) is -0.0692. The van der Waals surface area contributed by atoms with Crippen LogP contribution in [0.4, 0.5) is 0 Å². The molecule has 0 fully saturated rings. The predicted molar refractivity (Wildman–Crippen MR) is 56.6 cm³/mol. The molecule has 0 aliphatic rings. The van der Waals surface area contributed by atoms with Crippen LogP contribution in [-0.2, 0) is 0 Å². The van der Waals surface area contributed by atoms with Crippen LogP contribution < -0.4 is 11.3 Å². The minimum atomic E-state index is -0.779. The summed E-state index contributed by atoms with van der Waals surface area (Å²) in [7, 11) is 0. The van der Waals surface area contributed by atoms with Crippen molar-refractivity contribution in [2.24, 2.45) is 5.73 Å². The number of nitrogens with zero attached hydrogens (tertiary/aromatic N) is 2. The normalized spacial score (nSPS) is 10.0. The first-order valence-corrected chi connectivity index (χ1v) is 4.48. The monoisotopic (exact) mass is 216 g/mol. The number of hydrogen-bond acceptors (Lipinski definition) is 4. The van der Waals surface area contributed by atoms with Crippen LogP contribution in [0.1, 0.15) is 10.4 Å². The fourth-order valence-corrected chi connectivity index (χ4v) is 1.26. The lowest BCUT2D eigenvalue weighted by Gasteiger charge is -2.00. The van der Waals surface area contributed by atoms with Gasteiger partial charge in [0.25, 0.3) is 11.5 Å². The van der Waals surface area contributed by atoms with Gasteiger partial charge in [0.2, 0.25) is 0 Å². The number of carbonyl (C=O) groups excluding carboxylic acids is 1. The molecule has 0 spiro atoms. The first-order valence-electron chi connectivity index (χ1n) is 4.48. The standard InChI is InChI=1S/C10H8N4O2/c11-9(15)7-5-8(13-14-10(7)16)6-1-3-12-4-2-6/h1-5H,(H2,11,15)(H,14,16). The lowest BCUT2D eigenvalue weighted by atomic mass is 10.1. The molecule has 6 nitrogen and oxygen atoms in total. The number of aromatic amines is 1. The SMILES string of the molecule is NC(=O)c1cc(-c2ccncc2)n[nH]c1=O. The van der Waals surface area contributed by atoms with Crippen molar-refractivity contribution in [3.8, 4) is 11.3 Å². The van der Waals surface area contributed by atoms with E-state index in [0.29, 0.717) is 5.69 Å². The zero-order valence-electron chi connectivity index (χ0n) is 8.18. The summed E-state index contributed by atoms with van der Waals surface area (Å²) in [4.78, 5) is 26.0. The van der Waals surface area contributed by atoms with Gasteiger partial charge in [-0.05, 0) is 18.2 Å². The number of aromatic nitrogens is 3. The Morgan fingerprint density at radius 3 is 2.62 bits per heavy atom. The first-order chi connectivity index (χ1) is 7.68. The second kappa shape index (κ2) is 3.93. The number of hydrogen-bond donors (Lipinski definition) is 2. The molecule has 0 saturated carbocycles. The van der Waals surface area contributed by atoms with Crippen LogP contribution in [0, 0.1) is 0 Å². The Morgan fingerprint density at radius 2 is 2.00 bits per heavy atom. The summed E-state index contributed by atoms with van der Waals surface area (Å²) >= 11 is 0. The zero-order chi connectivity index (χ0) is 11.5. The summed E-state index contributed by atoms with van der Waals surface area (Å²) in [6, 6.07) is 4.79. The maximum Gasteiger partial charge on any atom is 0.277 e. The van der Waals surface area contributed by atoms with Crippen molar-refractivity contribution in [3.63, 3.8) is 0 Å². The van der Waals surface area contributed by atoms with E-state index in [0.717, 1.165) is 5.56 Å². The quantitative estimate of drug-likeness (QED) is 0.733. The molecule has 2 aromatic heterocycles. The number of amides is 1. The second-order valence-electron chi connectivity index (χ2n) is 3.10. The molecule has 0 saturated heterocycles. The smallest absolute Gasteiger partial charge is 0.277 e. The van der Waals surface area contributed by atoms with Crippen molar-refractivity contribution in [1.82, 2.24) is 15.2 Å². The van der Waals surface area contributed by atoms with Gasteiger partial charge in [0.1, 0.15) is 5.56 Å². The fourth-order valence-electron chi connectivity index (χ4n) is 1.26. The largest absolute Gasteiger partial charge is 0.365 e. The summed E-state index contributed by atoms with van der Waals surface area (Å²) in [6.45, 7) is 0. The maximum atomic E-state index is 11.2. The molecular formula is C10H8N4O2. The zero-order valence-corrected chi connectivity index (χ0v) is 8.18. The Balaban J connectivity index is 2.57. The molecule has 16 heavy (non-hydrogen) atoms. The van der Waals surface area contributed by atoms with Crippen LogP contribution in [0.2, 0.25) is 0 Å². The summed E-state index contributed by atoms with van der Waals surface area (Å²) in [6.07, 6.45) is 3.18. The van der Waals surface area contributed by atoms with Crippen molar-refractivity contribution >= 4 is 5.91 Å². The number of nitrogens with one attached hydrogen (secondary N) is 1. The lowest BCUT2D eigenvalue weighted by molar-refractivity contribution is 0.0998. The summed E-state index contributed by atoms with van der Waals surface area (Å²) in [5, 5.41) is 6.04. The third-order valence-electron chi connectivity index (χ3n) is 2.05. The number of H-pyrrole nitrogens is 1. The van der Waals surface area contributed by atoms with Gasteiger partial charge in [0.15, 0.2) is 0 Å². The van der Waals surface area contributed by atoms with Crippen molar-refractivity contribution in [2.75, 3.05) is 0 Å². The molecule has 2 aromatic rings. The molecule has 0 radical (unpaired) electrons. The molecule has 0 bridgehead atoms. The van der Waals surface area contributed by atoms with Crippen LogP contribution in [0.3, 0.4) is 0 Å². The van der Waals surface area contributed by atoms with Crippen LogP contribution >= 0.6 is 0 Å². The summed E-state index contributed by atoms with van der Waals surface area (Å²) < 4.78 is 0. The number of carbonyl (C=O) groups is 1. The number of primary amides is 1. The van der Waals surface area contributed by atoms with Crippen molar-refractivity contribution < 1.29 is 4.79 Å². The molecule has 1 amide bonds. The minimum Gasteiger partial charge on any atom is -0.365 e. The Hall–Kier alpha value is -2.50. The van der Waals surface area contributed by atoms with Crippen molar-refractivity contribution in [3.05, 3.63) is 46.5 Å². The molecule has 2 heterocycles. The first kappa shape index (κ1) is 10.0. The second-order valence-corrected chi connectivity index (χ2v) is 3.10. The van der Waals surface area contributed by atoms with Gasteiger partial charge >= 0.3 is 0 Å². The Labute approximate surface area is 90.1 Å². The molecule has 2 rings (SSSR count). The van der Waals surface area contributed by atoms with Crippen LogP contribution in [0.25, 0.3) is 11.3 Å². The van der Waals surface area contributed by atoms with E-state index in [-0.39, 0.29) is 5.56 Å². The average Bonchev–Trinajstić information content (AvgIpc) is 2.30. The van der Waals surface area contributed by atoms with Gasteiger partial charge in [-0.2, -0.15) is 5.10 Å². The Bertz CT molecular complexity index is 577. The van der Waals surface area contributed by atoms with Gasteiger partial charge < -0.3 is 5.73 Å². The number of nitrogens with two attached hydrogens (primary N) is 1. The average molecular weight is 216 g/mol. The van der Waals surface area contributed by atoms with E-state index in [4.69, 9.17) is 5.73 Å². The van der Waals surface area contributed by atoms with E-state index < -0.39 is 11.5 Å². The van der Waals surface area contributed by atoms with Gasteiger partial charge in [-0.25, -0.2) is 5.10 Å². The van der Waals surface area contributed by atoms with E-state index in [1.807, 2.05) is 0 Å². The Kier molecular flexibility index (Phi) is 2.47. The van der Waals surface area contributed by atoms with Gasteiger partial charge in [-0.1, -0.05) is 0 Å². The minimum absolute atomic E-state index is 0.109. The van der Waals surface area contributed by atoms with E-state index >= 15 is 0 Å². The third-order valence-corrected chi connectivity index (χ3v) is 2.05. The number of pyridine rings is 1. The van der Waals surface area contributed by atoms with Crippen LogP contribution in [0.5, 0.6) is 0 Å². The molecule has 0 aromatic carbocycles. The highest BCUT2D eigenvalue weighted by molar-refractivity contribution is 5.93. The number of rotatable bonds is 2. The van der Waals surface area contributed by atoms with E-state index in [1.54, 1.807) is 24.5 Å². The summed E-state index contributed by atoms with van der Waals surface area (Å²) in [5.41, 5.74) is 5.57. The molecule has 0 unspecified atom stereocenters. The van der Waals surface area contributed by atoms with E-state index in [9.17, 15) is 9.59 Å². The van der Waals surface area contributed by atoms with E-state index in [1.165, 1.54) is 6.07 Å². The summed E-state index contributed by atoms with van der Waals surface area (Å²) in [5.74, 6) is -0.779. The molecule has 0 atom stereocenters. The van der Waals surface area contributed by atoms with E-state index in [2.05, 4.69) is 15.2 Å². The fraction of sp³-hybridized carbons (Fsp3) is 0. The van der Waals surface area contributed by atoms with Crippen molar-refractivity contribution in [2.45, 2.75) is 0 Å². The molecule has 6 heteroatoms. The van der Waals surface area contributed by atoms with Gasteiger partial charge in [-0.3, -0.25) is 14.6 Å². The van der Waals surface area contributed by atoms with Gasteiger partial charge in [0, 0.05) is 18.0 Å². The molecule has 80 valence electrons. The molecular weight excluding hydrogens is 208 g/mol. The third kappa shape index (κ3) is 1.81. The Morgan fingerprint density at radius 1 is 1.31 bits per heavy atom. The molecule has 0 aliphatic heterocycles. The highest BCUT2D eigenvalue weighted by atomic mass is 16.2. The van der Waals surface area contributed by atoms with Crippen LogP contribution in [0.15, 0.2) is 35.4 Å². The molecule has 0 aliphatic carbocycles. The lowest BCUT2D eigenvalue weighted by Crippen LogP contribution is -2.24. The topological polar surface area (TPSA) is 102 Å².